The Bertz CT molecular complexity index is 585. The minimum absolute atomic E-state index is 0.0366. The molecule has 1 amide bonds. The molecule has 0 aliphatic rings. The highest BCUT2D eigenvalue weighted by molar-refractivity contribution is 5.81. The monoisotopic (exact) mass is 372 g/mol. The molecule has 1 atom stereocenters. The van der Waals surface area contributed by atoms with Crippen molar-refractivity contribution in [3.05, 3.63) is 35.4 Å². The Kier molecular flexibility index (Phi) is 8.95. The van der Waals surface area contributed by atoms with E-state index in [1.807, 2.05) is 20.8 Å². The quantitative estimate of drug-likeness (QED) is 0.485. The smallest absolute Gasteiger partial charge is 0.357 e. The van der Waals surface area contributed by atoms with Crippen LogP contribution in [-0.2, 0) is 17.5 Å². The first-order valence-corrected chi connectivity index (χ1v) is 8.73. The Labute approximate surface area is 152 Å². The second-order valence-corrected chi connectivity index (χ2v) is 5.94. The summed E-state index contributed by atoms with van der Waals surface area (Å²) in [6.07, 6.45) is -3.15. The predicted molar refractivity (Wildman–Crippen MR) is 96.8 cm³/mol. The third-order valence-corrected chi connectivity index (χ3v) is 3.71. The molecule has 1 aromatic carbocycles. The van der Waals surface area contributed by atoms with Crippen molar-refractivity contribution in [2.75, 3.05) is 13.1 Å². The molecule has 1 aromatic rings. The van der Waals surface area contributed by atoms with Crippen LogP contribution < -0.4 is 16.0 Å². The first-order valence-electron chi connectivity index (χ1n) is 8.73. The fourth-order valence-electron chi connectivity index (χ4n) is 2.05. The van der Waals surface area contributed by atoms with Gasteiger partial charge in [-0.3, -0.25) is 4.79 Å². The fourth-order valence-corrected chi connectivity index (χ4v) is 2.05. The number of halogens is 3. The zero-order valence-electron chi connectivity index (χ0n) is 15.4. The van der Waals surface area contributed by atoms with Crippen molar-refractivity contribution in [3.63, 3.8) is 0 Å². The average molecular weight is 372 g/mol. The van der Waals surface area contributed by atoms with Crippen LogP contribution in [0, 0.1) is 0 Å². The number of hydrogen-bond donors (Lipinski definition) is 3. The van der Waals surface area contributed by atoms with E-state index in [-0.39, 0.29) is 18.5 Å². The maximum Gasteiger partial charge on any atom is 0.416 e. The van der Waals surface area contributed by atoms with E-state index in [0.29, 0.717) is 31.0 Å². The molecular formula is C18H27F3N4O. The van der Waals surface area contributed by atoms with Crippen LogP contribution in [-0.4, -0.2) is 31.0 Å². The van der Waals surface area contributed by atoms with Gasteiger partial charge in [-0.05, 0) is 38.0 Å². The summed E-state index contributed by atoms with van der Waals surface area (Å²) in [6.45, 7) is 7.15. The molecular weight excluding hydrogens is 345 g/mol. The van der Waals surface area contributed by atoms with E-state index in [1.165, 1.54) is 12.1 Å². The fraction of sp³-hybridized carbons (Fsp3) is 0.556. The van der Waals surface area contributed by atoms with Crippen molar-refractivity contribution < 1.29 is 18.0 Å². The molecule has 0 saturated carbocycles. The first kappa shape index (κ1) is 21.8. The largest absolute Gasteiger partial charge is 0.416 e. The second kappa shape index (κ2) is 10.7. The second-order valence-electron chi connectivity index (χ2n) is 5.94. The lowest BCUT2D eigenvalue weighted by atomic mass is 10.1. The normalized spacial score (nSPS) is 13.2. The van der Waals surface area contributed by atoms with Gasteiger partial charge in [-0.15, -0.1) is 0 Å². The molecule has 8 heteroatoms. The maximum absolute atomic E-state index is 12.6. The summed E-state index contributed by atoms with van der Waals surface area (Å²) in [7, 11) is 0. The van der Waals surface area contributed by atoms with E-state index in [1.54, 1.807) is 0 Å². The number of amides is 1. The molecule has 0 aliphatic carbocycles. The van der Waals surface area contributed by atoms with Gasteiger partial charge in [-0.25, -0.2) is 4.99 Å². The van der Waals surface area contributed by atoms with E-state index >= 15 is 0 Å². The van der Waals surface area contributed by atoms with Gasteiger partial charge in [-0.1, -0.05) is 19.1 Å². The van der Waals surface area contributed by atoms with Gasteiger partial charge in [0, 0.05) is 25.6 Å². The third-order valence-electron chi connectivity index (χ3n) is 3.71. The van der Waals surface area contributed by atoms with Crippen LogP contribution in [0.25, 0.3) is 0 Å². The average Bonchev–Trinajstić information content (AvgIpc) is 2.59. The van der Waals surface area contributed by atoms with Gasteiger partial charge in [0.25, 0.3) is 0 Å². The molecule has 0 spiro atoms. The zero-order valence-corrected chi connectivity index (χ0v) is 15.4. The lowest BCUT2D eigenvalue weighted by Crippen LogP contribution is -2.40. The molecule has 1 rings (SSSR count). The van der Waals surface area contributed by atoms with Crippen molar-refractivity contribution in [2.45, 2.75) is 52.4 Å². The van der Waals surface area contributed by atoms with E-state index in [2.05, 4.69) is 20.9 Å². The molecule has 0 fully saturated rings. The summed E-state index contributed by atoms with van der Waals surface area (Å²) in [4.78, 5) is 16.1. The molecule has 5 nitrogen and oxygen atoms in total. The molecule has 0 bridgehead atoms. The lowest BCUT2D eigenvalue weighted by Gasteiger charge is -2.13. The highest BCUT2D eigenvalue weighted by Crippen LogP contribution is 2.29. The summed E-state index contributed by atoms with van der Waals surface area (Å²) in [6, 6.07) is 5.06. The highest BCUT2D eigenvalue weighted by Gasteiger charge is 2.29. The van der Waals surface area contributed by atoms with Crippen LogP contribution in [0.5, 0.6) is 0 Å². The molecule has 0 aliphatic heterocycles. The van der Waals surface area contributed by atoms with E-state index in [9.17, 15) is 18.0 Å². The van der Waals surface area contributed by atoms with Crippen LogP contribution >= 0.6 is 0 Å². The third kappa shape index (κ3) is 8.22. The number of guanidine groups is 1. The van der Waals surface area contributed by atoms with Crippen LogP contribution in [0.2, 0.25) is 0 Å². The van der Waals surface area contributed by atoms with E-state index < -0.39 is 11.7 Å². The van der Waals surface area contributed by atoms with Crippen LogP contribution in [0.15, 0.2) is 29.3 Å². The van der Waals surface area contributed by atoms with Crippen molar-refractivity contribution in [2.24, 2.45) is 4.99 Å². The summed E-state index contributed by atoms with van der Waals surface area (Å²) < 4.78 is 37.7. The number of nitrogens with zero attached hydrogens (tertiary/aromatic N) is 1. The van der Waals surface area contributed by atoms with Gasteiger partial charge in [0.05, 0.1) is 12.1 Å². The summed E-state index contributed by atoms with van der Waals surface area (Å²) in [5.41, 5.74) is -0.00713. The topological polar surface area (TPSA) is 65.5 Å². The van der Waals surface area contributed by atoms with Crippen molar-refractivity contribution in [1.29, 1.82) is 0 Å². The van der Waals surface area contributed by atoms with Crippen molar-refractivity contribution in [1.82, 2.24) is 16.0 Å². The van der Waals surface area contributed by atoms with Gasteiger partial charge in [0.2, 0.25) is 5.91 Å². The van der Waals surface area contributed by atoms with E-state index in [4.69, 9.17) is 0 Å². The van der Waals surface area contributed by atoms with Crippen LogP contribution in [0.3, 0.4) is 0 Å². The Morgan fingerprint density at radius 3 is 2.35 bits per heavy atom. The van der Waals surface area contributed by atoms with Crippen LogP contribution in [0.4, 0.5) is 13.2 Å². The number of carbonyl (C=O) groups excluding carboxylic acids is 1. The molecule has 0 radical (unpaired) electrons. The minimum atomic E-state index is -4.34. The molecule has 0 aromatic heterocycles. The van der Waals surface area contributed by atoms with Gasteiger partial charge < -0.3 is 16.0 Å². The van der Waals surface area contributed by atoms with E-state index in [0.717, 1.165) is 18.6 Å². The molecule has 0 saturated heterocycles. The predicted octanol–water partition coefficient (Wildman–Crippen LogP) is 3.07. The molecule has 3 N–H and O–H groups in total. The Morgan fingerprint density at radius 2 is 1.81 bits per heavy atom. The number of nitrogens with one attached hydrogen (secondary N) is 3. The summed E-state index contributed by atoms with van der Waals surface area (Å²) in [5.74, 6) is 0.481. The van der Waals surface area contributed by atoms with Gasteiger partial charge in [0.1, 0.15) is 0 Å². The summed E-state index contributed by atoms with van der Waals surface area (Å²) in [5, 5.41) is 8.97. The molecule has 0 heterocycles. The molecule has 146 valence electrons. The number of benzene rings is 1. The van der Waals surface area contributed by atoms with Crippen LogP contribution in [0.1, 0.15) is 44.7 Å². The number of rotatable bonds is 8. The van der Waals surface area contributed by atoms with Gasteiger partial charge in [0.15, 0.2) is 5.96 Å². The SMILES string of the molecule is CCNC(=NCc1ccc(C(F)(F)F)cc1)NCCC(=O)NC(C)CC. The number of aliphatic imine (C=N–C) groups is 1. The van der Waals surface area contributed by atoms with Gasteiger partial charge >= 0.3 is 6.18 Å². The number of carbonyl (C=O) groups is 1. The van der Waals surface area contributed by atoms with Gasteiger partial charge in [-0.2, -0.15) is 13.2 Å². The zero-order chi connectivity index (χ0) is 19.6. The highest BCUT2D eigenvalue weighted by atomic mass is 19.4. The number of hydrogen-bond acceptors (Lipinski definition) is 2. The Morgan fingerprint density at radius 1 is 1.15 bits per heavy atom. The first-order chi connectivity index (χ1) is 12.3. The Balaban J connectivity index is 2.54. The molecule has 1 unspecified atom stereocenters. The van der Waals surface area contributed by atoms with Crippen molar-refractivity contribution >= 4 is 11.9 Å². The van der Waals surface area contributed by atoms with Crippen molar-refractivity contribution in [3.8, 4) is 0 Å². The minimum Gasteiger partial charge on any atom is -0.357 e. The summed E-state index contributed by atoms with van der Waals surface area (Å²) >= 11 is 0. The maximum atomic E-state index is 12.6. The standard InChI is InChI=1S/C18H27F3N4O/c1-4-13(3)25-16(26)10-11-23-17(22-5-2)24-12-14-6-8-15(9-7-14)18(19,20)21/h6-9,13H,4-5,10-12H2,1-3H3,(H,25,26)(H2,22,23,24). The molecule has 26 heavy (non-hydrogen) atoms. The lowest BCUT2D eigenvalue weighted by molar-refractivity contribution is -0.137. The number of alkyl halides is 3. The Hall–Kier alpha value is -2.25.